The van der Waals surface area contributed by atoms with E-state index in [1.54, 1.807) is 0 Å². The van der Waals surface area contributed by atoms with Crippen LogP contribution >= 0.6 is 0 Å². The van der Waals surface area contributed by atoms with Gasteiger partial charge in [-0.15, -0.1) is 0 Å². The fraction of sp³-hybridized carbons (Fsp3) is 1.00. The third-order valence-corrected chi connectivity index (χ3v) is 2.69. The first-order valence-electron chi connectivity index (χ1n) is 3.75. The SMILES string of the molecule is CN1CCCNC([SH](=O)=O)C1. The molecule has 0 saturated carbocycles. The van der Waals surface area contributed by atoms with Gasteiger partial charge in [0.2, 0.25) is 0 Å². The molecule has 1 N–H and O–H groups in total. The molecule has 0 radical (unpaired) electrons. The monoisotopic (exact) mass is 178 g/mol. The lowest BCUT2D eigenvalue weighted by Crippen LogP contribution is -2.37. The first-order chi connectivity index (χ1) is 5.20. The normalized spacial score (nSPS) is 28.7. The van der Waals surface area contributed by atoms with Gasteiger partial charge >= 0.3 is 0 Å². The molecule has 1 atom stereocenters. The van der Waals surface area contributed by atoms with Crippen LogP contribution in [0.15, 0.2) is 0 Å². The van der Waals surface area contributed by atoms with Crippen molar-refractivity contribution in [1.82, 2.24) is 10.2 Å². The largest absolute Gasteiger partial charge is 0.304 e. The van der Waals surface area contributed by atoms with Crippen LogP contribution in [-0.4, -0.2) is 45.4 Å². The van der Waals surface area contributed by atoms with Gasteiger partial charge < -0.3 is 10.2 Å². The number of nitrogens with one attached hydrogen (secondary N) is 1. The number of hydrogen-bond acceptors (Lipinski definition) is 4. The second-order valence-electron chi connectivity index (χ2n) is 2.87. The fourth-order valence-corrected chi connectivity index (χ4v) is 1.90. The molecule has 1 fully saturated rings. The Labute approximate surface area is 68.5 Å². The highest BCUT2D eigenvalue weighted by Gasteiger charge is 2.16. The standard InChI is InChI=1S/C6H14N2O2S/c1-8-4-2-3-7-6(5-8)11(9)10/h6-7,11H,2-5H2,1H3. The summed E-state index contributed by atoms with van der Waals surface area (Å²) >= 11 is 0. The molecule has 0 amide bonds. The van der Waals surface area contributed by atoms with Crippen molar-refractivity contribution in [2.45, 2.75) is 11.8 Å². The van der Waals surface area contributed by atoms with Gasteiger partial charge in [0.15, 0.2) is 10.7 Å². The molecular formula is C6H14N2O2S. The Hall–Kier alpha value is -0.130. The molecule has 0 aliphatic carbocycles. The highest BCUT2D eigenvalue weighted by atomic mass is 32.2. The minimum absolute atomic E-state index is 0.350. The summed E-state index contributed by atoms with van der Waals surface area (Å²) in [5.74, 6) is 0. The van der Waals surface area contributed by atoms with E-state index in [0.717, 1.165) is 19.5 Å². The lowest BCUT2D eigenvalue weighted by atomic mass is 10.4. The van der Waals surface area contributed by atoms with Crippen LogP contribution < -0.4 is 5.32 Å². The summed E-state index contributed by atoms with van der Waals surface area (Å²) in [6, 6.07) is 0. The van der Waals surface area contributed by atoms with Crippen molar-refractivity contribution < 1.29 is 8.42 Å². The van der Waals surface area contributed by atoms with E-state index in [1.807, 2.05) is 11.9 Å². The fourth-order valence-electron chi connectivity index (χ4n) is 1.21. The van der Waals surface area contributed by atoms with E-state index >= 15 is 0 Å². The summed E-state index contributed by atoms with van der Waals surface area (Å²) in [6.07, 6.45) is 1.02. The molecule has 1 rings (SSSR count). The third kappa shape index (κ3) is 2.76. The van der Waals surface area contributed by atoms with E-state index < -0.39 is 10.7 Å². The lowest BCUT2D eigenvalue weighted by molar-refractivity contribution is 0.348. The van der Waals surface area contributed by atoms with Crippen LogP contribution in [0.2, 0.25) is 0 Å². The first-order valence-corrected chi connectivity index (χ1v) is 5.00. The second-order valence-corrected chi connectivity index (χ2v) is 4.07. The van der Waals surface area contributed by atoms with Crippen LogP contribution in [0.4, 0.5) is 0 Å². The Morgan fingerprint density at radius 1 is 1.55 bits per heavy atom. The molecule has 0 spiro atoms. The molecular weight excluding hydrogens is 164 g/mol. The topological polar surface area (TPSA) is 49.4 Å². The number of likely N-dealkylation sites (N-methyl/N-ethyl adjacent to an activating group) is 1. The van der Waals surface area contributed by atoms with Crippen LogP contribution in [0.25, 0.3) is 0 Å². The van der Waals surface area contributed by atoms with Crippen molar-refractivity contribution in [2.24, 2.45) is 0 Å². The average molecular weight is 178 g/mol. The summed E-state index contributed by atoms with van der Waals surface area (Å²) in [4.78, 5) is 2.04. The van der Waals surface area contributed by atoms with Gasteiger partial charge in [0.05, 0.1) is 0 Å². The second kappa shape index (κ2) is 4.04. The number of rotatable bonds is 1. The Bertz CT molecular complexity index is 185. The molecule has 1 aliphatic heterocycles. The highest BCUT2D eigenvalue weighted by molar-refractivity contribution is 7.73. The zero-order valence-corrected chi connectivity index (χ0v) is 7.51. The minimum Gasteiger partial charge on any atom is -0.304 e. The Morgan fingerprint density at radius 2 is 2.27 bits per heavy atom. The van der Waals surface area contributed by atoms with Crippen LogP contribution in [-0.2, 0) is 10.7 Å². The molecule has 66 valence electrons. The molecule has 4 nitrogen and oxygen atoms in total. The zero-order valence-electron chi connectivity index (χ0n) is 6.62. The molecule has 0 aromatic carbocycles. The smallest absolute Gasteiger partial charge is 0.157 e. The first kappa shape index (κ1) is 8.96. The van der Waals surface area contributed by atoms with Gasteiger partial charge in [0, 0.05) is 6.54 Å². The zero-order chi connectivity index (χ0) is 8.27. The third-order valence-electron chi connectivity index (χ3n) is 1.84. The Morgan fingerprint density at radius 3 is 2.91 bits per heavy atom. The van der Waals surface area contributed by atoms with Gasteiger partial charge in [0.1, 0.15) is 5.37 Å². The highest BCUT2D eigenvalue weighted by Crippen LogP contribution is 1.97. The predicted molar refractivity (Wildman–Crippen MR) is 44.2 cm³/mol. The maximum Gasteiger partial charge on any atom is 0.157 e. The summed E-state index contributed by atoms with van der Waals surface area (Å²) in [5, 5.41) is 2.62. The van der Waals surface area contributed by atoms with Crippen molar-refractivity contribution >= 4 is 10.7 Å². The van der Waals surface area contributed by atoms with Gasteiger partial charge in [-0.05, 0) is 26.6 Å². The van der Waals surface area contributed by atoms with Gasteiger partial charge in [-0.1, -0.05) is 0 Å². The van der Waals surface area contributed by atoms with E-state index in [1.165, 1.54) is 0 Å². The van der Waals surface area contributed by atoms with Gasteiger partial charge in [0.25, 0.3) is 0 Å². The van der Waals surface area contributed by atoms with Crippen LogP contribution in [0.5, 0.6) is 0 Å². The van der Waals surface area contributed by atoms with E-state index in [-0.39, 0.29) is 5.37 Å². The maximum atomic E-state index is 10.6. The maximum absolute atomic E-state index is 10.6. The van der Waals surface area contributed by atoms with Gasteiger partial charge in [-0.3, -0.25) is 0 Å². The van der Waals surface area contributed by atoms with E-state index in [4.69, 9.17) is 0 Å². The van der Waals surface area contributed by atoms with Crippen molar-refractivity contribution in [2.75, 3.05) is 26.7 Å². The quantitative estimate of drug-likeness (QED) is 0.498. The number of nitrogens with zero attached hydrogens (tertiary/aromatic N) is 1. The molecule has 5 heteroatoms. The average Bonchev–Trinajstić information content (AvgIpc) is 2.13. The molecule has 1 aliphatic rings. The van der Waals surface area contributed by atoms with Crippen molar-refractivity contribution in [3.05, 3.63) is 0 Å². The number of thiol groups is 1. The van der Waals surface area contributed by atoms with Gasteiger partial charge in [-0.2, -0.15) is 0 Å². The summed E-state index contributed by atoms with van der Waals surface area (Å²) in [7, 11) is -0.372. The van der Waals surface area contributed by atoms with Crippen LogP contribution in [0.3, 0.4) is 0 Å². The van der Waals surface area contributed by atoms with Crippen molar-refractivity contribution in [3.63, 3.8) is 0 Å². The molecule has 0 bridgehead atoms. The van der Waals surface area contributed by atoms with Crippen LogP contribution in [0.1, 0.15) is 6.42 Å². The van der Waals surface area contributed by atoms with Gasteiger partial charge in [-0.25, -0.2) is 8.42 Å². The van der Waals surface area contributed by atoms with Crippen molar-refractivity contribution in [1.29, 1.82) is 0 Å². The van der Waals surface area contributed by atoms with E-state index in [0.29, 0.717) is 6.54 Å². The molecule has 0 aromatic heterocycles. The lowest BCUT2D eigenvalue weighted by Gasteiger charge is -2.14. The Balaban J connectivity index is 2.52. The van der Waals surface area contributed by atoms with Crippen LogP contribution in [0, 0.1) is 0 Å². The Kier molecular flexibility index (Phi) is 3.29. The molecule has 1 heterocycles. The minimum atomic E-state index is -2.32. The van der Waals surface area contributed by atoms with E-state index in [9.17, 15) is 8.42 Å². The summed E-state index contributed by atoms with van der Waals surface area (Å²) in [6.45, 7) is 2.39. The predicted octanol–water partition coefficient (Wildman–Crippen LogP) is -1.15. The van der Waals surface area contributed by atoms with Crippen molar-refractivity contribution in [3.8, 4) is 0 Å². The molecule has 1 unspecified atom stereocenters. The molecule has 1 saturated heterocycles. The summed E-state index contributed by atoms with van der Waals surface area (Å²) in [5.41, 5.74) is 0. The summed E-state index contributed by atoms with van der Waals surface area (Å²) < 4.78 is 21.2. The molecule has 0 aromatic rings. The van der Waals surface area contributed by atoms with E-state index in [2.05, 4.69) is 5.32 Å². The molecule has 11 heavy (non-hydrogen) atoms. The number of hydrogen-bond donors (Lipinski definition) is 2.